The van der Waals surface area contributed by atoms with Crippen LogP contribution in [-0.4, -0.2) is 31.8 Å². The summed E-state index contributed by atoms with van der Waals surface area (Å²) in [6.07, 6.45) is 2.98. The van der Waals surface area contributed by atoms with Crippen LogP contribution in [0.15, 0.2) is 72.9 Å². The van der Waals surface area contributed by atoms with E-state index in [-0.39, 0.29) is 12.1 Å². The first-order chi connectivity index (χ1) is 16.9. The van der Waals surface area contributed by atoms with Gasteiger partial charge in [0.05, 0.1) is 29.7 Å². The van der Waals surface area contributed by atoms with Crippen LogP contribution in [0.1, 0.15) is 48.8 Å². The van der Waals surface area contributed by atoms with E-state index in [1.165, 1.54) is 0 Å². The zero-order valence-electron chi connectivity index (χ0n) is 20.3. The van der Waals surface area contributed by atoms with Crippen molar-refractivity contribution >= 4 is 17.6 Å². The number of hydrogen-bond acceptors (Lipinski definition) is 2. The minimum atomic E-state index is -0.280. The summed E-state index contributed by atoms with van der Waals surface area (Å²) >= 11 is 6.21. The Balaban J connectivity index is 1.66. The molecule has 0 saturated heterocycles. The summed E-state index contributed by atoms with van der Waals surface area (Å²) in [7, 11) is 0. The average Bonchev–Trinajstić information content (AvgIpc) is 3.41. The van der Waals surface area contributed by atoms with Crippen LogP contribution in [0.3, 0.4) is 0 Å². The molecule has 2 aromatic carbocycles. The fraction of sp³-hybridized carbons (Fsp3) is 0.286. The number of benzene rings is 2. The molecule has 6 nitrogen and oxygen atoms in total. The van der Waals surface area contributed by atoms with E-state index in [0.717, 1.165) is 40.4 Å². The lowest BCUT2D eigenvalue weighted by atomic mass is 10.0. The van der Waals surface area contributed by atoms with E-state index in [2.05, 4.69) is 36.0 Å². The third kappa shape index (κ3) is 4.46. The van der Waals surface area contributed by atoms with E-state index in [1.807, 2.05) is 77.2 Å². The number of aromatic nitrogens is 3. The van der Waals surface area contributed by atoms with Gasteiger partial charge in [-0.05, 0) is 61.2 Å². The Morgan fingerprint density at radius 2 is 1.83 bits per heavy atom. The average molecular weight is 488 g/mol. The van der Waals surface area contributed by atoms with E-state index in [4.69, 9.17) is 16.7 Å². The Morgan fingerprint density at radius 3 is 2.54 bits per heavy atom. The number of para-hydroxylation sites is 1. The molecule has 0 bridgehead atoms. The van der Waals surface area contributed by atoms with Gasteiger partial charge >= 0.3 is 6.03 Å². The fourth-order valence-electron chi connectivity index (χ4n) is 4.71. The van der Waals surface area contributed by atoms with Crippen molar-refractivity contribution in [3.63, 3.8) is 0 Å². The highest BCUT2D eigenvalue weighted by Gasteiger charge is 2.35. The number of aryl methyl sites for hydroxylation is 1. The molecule has 1 N–H and O–H groups in total. The molecular formula is C28H30ClN5O. The van der Waals surface area contributed by atoms with Crippen LogP contribution in [0.25, 0.3) is 11.5 Å². The number of carbonyl (C=O) groups excluding carboxylic acids is 1. The van der Waals surface area contributed by atoms with Crippen LogP contribution in [0.4, 0.5) is 4.79 Å². The highest BCUT2D eigenvalue weighted by atomic mass is 35.5. The summed E-state index contributed by atoms with van der Waals surface area (Å²) < 4.78 is 4.15. The van der Waals surface area contributed by atoms with Crippen LogP contribution < -0.4 is 5.32 Å². The van der Waals surface area contributed by atoms with Crippen molar-refractivity contribution < 1.29 is 4.79 Å². The summed E-state index contributed by atoms with van der Waals surface area (Å²) in [5.41, 5.74) is 4.92. The van der Waals surface area contributed by atoms with E-state index in [9.17, 15) is 4.79 Å². The normalized spacial score (nSPS) is 15.0. The Bertz CT molecular complexity index is 1320. The summed E-state index contributed by atoms with van der Waals surface area (Å²) in [5, 5.41) is 8.72. The third-order valence-corrected chi connectivity index (χ3v) is 6.78. The number of nitrogens with one attached hydrogen (secondary N) is 1. The van der Waals surface area contributed by atoms with Crippen molar-refractivity contribution in [1.29, 1.82) is 0 Å². The zero-order chi connectivity index (χ0) is 24.5. The van der Waals surface area contributed by atoms with E-state index in [1.54, 1.807) is 0 Å². The van der Waals surface area contributed by atoms with Gasteiger partial charge in [-0.3, -0.25) is 0 Å². The molecule has 5 rings (SSSR count). The highest BCUT2D eigenvalue weighted by Crippen LogP contribution is 2.38. The Kier molecular flexibility index (Phi) is 6.39. The van der Waals surface area contributed by atoms with Crippen LogP contribution in [-0.2, 0) is 6.54 Å². The number of nitrogens with zero attached hydrogens (tertiary/aromatic N) is 4. The maximum absolute atomic E-state index is 13.7. The predicted octanol–water partition coefficient (Wildman–Crippen LogP) is 6.29. The summed E-state index contributed by atoms with van der Waals surface area (Å²) in [5.74, 6) is 1.48. The number of halogens is 1. The molecule has 2 amide bonds. The first-order valence-electron chi connectivity index (χ1n) is 12.1. The number of carbonyl (C=O) groups is 1. The molecule has 4 aromatic rings. The molecule has 1 aliphatic rings. The summed E-state index contributed by atoms with van der Waals surface area (Å²) in [6, 6.07) is 21.6. The number of hydrogen-bond donors (Lipinski definition) is 1. The summed E-state index contributed by atoms with van der Waals surface area (Å²) in [4.78, 5) is 15.6. The zero-order valence-corrected chi connectivity index (χ0v) is 21.0. The number of fused-ring (bicyclic) bond motifs is 3. The van der Waals surface area contributed by atoms with Crippen LogP contribution in [0, 0.1) is 12.8 Å². The van der Waals surface area contributed by atoms with Gasteiger partial charge in [-0.1, -0.05) is 55.8 Å². The molecule has 180 valence electrons. The second-order valence-electron chi connectivity index (χ2n) is 9.43. The SMILES string of the molecule is Cc1nn(-c2ccccc2)c2c1CN(C(=O)NCCC(C)C)C(c1ccc(Cl)cc1)c1cccn1-2. The van der Waals surface area contributed by atoms with Crippen molar-refractivity contribution in [2.24, 2.45) is 5.92 Å². The van der Waals surface area contributed by atoms with Gasteiger partial charge in [0, 0.05) is 23.3 Å². The van der Waals surface area contributed by atoms with Gasteiger partial charge in [-0.25, -0.2) is 9.48 Å². The van der Waals surface area contributed by atoms with Crippen molar-refractivity contribution in [1.82, 2.24) is 24.6 Å². The van der Waals surface area contributed by atoms with Gasteiger partial charge in [-0.2, -0.15) is 5.10 Å². The molecule has 0 spiro atoms. The molecular weight excluding hydrogens is 458 g/mol. The number of urea groups is 1. The molecule has 35 heavy (non-hydrogen) atoms. The molecule has 1 unspecified atom stereocenters. The maximum Gasteiger partial charge on any atom is 0.318 e. The molecule has 2 aromatic heterocycles. The smallest absolute Gasteiger partial charge is 0.318 e. The van der Waals surface area contributed by atoms with Gasteiger partial charge in [0.1, 0.15) is 5.82 Å². The van der Waals surface area contributed by atoms with E-state index >= 15 is 0 Å². The minimum Gasteiger partial charge on any atom is -0.338 e. The molecule has 1 aliphatic heterocycles. The lowest BCUT2D eigenvalue weighted by molar-refractivity contribution is 0.180. The Labute approximate surface area is 211 Å². The first kappa shape index (κ1) is 23.2. The number of amides is 2. The fourth-order valence-corrected chi connectivity index (χ4v) is 4.84. The molecule has 3 heterocycles. The van der Waals surface area contributed by atoms with Crippen molar-refractivity contribution in [2.75, 3.05) is 6.54 Å². The van der Waals surface area contributed by atoms with Crippen LogP contribution >= 0.6 is 11.6 Å². The largest absolute Gasteiger partial charge is 0.338 e. The second kappa shape index (κ2) is 9.62. The van der Waals surface area contributed by atoms with Gasteiger partial charge in [0.2, 0.25) is 0 Å². The molecule has 0 aliphatic carbocycles. The third-order valence-electron chi connectivity index (χ3n) is 6.53. The Hall–Kier alpha value is -3.51. The molecule has 0 saturated carbocycles. The predicted molar refractivity (Wildman–Crippen MR) is 139 cm³/mol. The van der Waals surface area contributed by atoms with Crippen molar-refractivity contribution in [3.05, 3.63) is 100 Å². The topological polar surface area (TPSA) is 55.1 Å². The van der Waals surface area contributed by atoms with E-state index in [0.29, 0.717) is 24.0 Å². The molecule has 7 heteroatoms. The standard InChI is InChI=1S/C28H30ClN5O/c1-19(2)15-16-30-28(35)33-18-24-20(3)31-34(23-8-5-4-6-9-23)27(24)32-17-7-10-25(32)26(33)21-11-13-22(29)14-12-21/h4-14,17,19,26H,15-16,18H2,1-3H3,(H,30,35). The maximum atomic E-state index is 13.7. The minimum absolute atomic E-state index is 0.0851. The van der Waals surface area contributed by atoms with Crippen LogP contribution in [0.5, 0.6) is 0 Å². The number of rotatable bonds is 5. The summed E-state index contributed by atoms with van der Waals surface area (Å²) in [6.45, 7) is 7.41. The lowest BCUT2D eigenvalue weighted by Gasteiger charge is -2.31. The van der Waals surface area contributed by atoms with Crippen LogP contribution in [0.2, 0.25) is 5.02 Å². The highest BCUT2D eigenvalue weighted by molar-refractivity contribution is 6.30. The molecule has 0 radical (unpaired) electrons. The molecule has 1 atom stereocenters. The first-order valence-corrected chi connectivity index (χ1v) is 12.4. The van der Waals surface area contributed by atoms with Gasteiger partial charge in [0.15, 0.2) is 0 Å². The van der Waals surface area contributed by atoms with Crippen molar-refractivity contribution in [3.8, 4) is 11.5 Å². The quantitative estimate of drug-likeness (QED) is 0.360. The van der Waals surface area contributed by atoms with E-state index < -0.39 is 0 Å². The lowest BCUT2D eigenvalue weighted by Crippen LogP contribution is -2.42. The van der Waals surface area contributed by atoms with Gasteiger partial charge in [0.25, 0.3) is 0 Å². The van der Waals surface area contributed by atoms with Gasteiger partial charge < -0.3 is 14.8 Å². The molecule has 0 fully saturated rings. The Morgan fingerprint density at radius 1 is 1.09 bits per heavy atom. The second-order valence-corrected chi connectivity index (χ2v) is 9.87. The monoisotopic (exact) mass is 487 g/mol. The van der Waals surface area contributed by atoms with Crippen molar-refractivity contribution in [2.45, 2.75) is 39.8 Å². The van der Waals surface area contributed by atoms with Gasteiger partial charge in [-0.15, -0.1) is 0 Å².